The van der Waals surface area contributed by atoms with Crippen molar-refractivity contribution in [3.63, 3.8) is 0 Å². The molecule has 1 aromatic carbocycles. The van der Waals surface area contributed by atoms with Crippen LogP contribution in [0, 0.1) is 0 Å². The van der Waals surface area contributed by atoms with Gasteiger partial charge >= 0.3 is 0 Å². The Hall–Kier alpha value is -2.63. The first-order valence-electron chi connectivity index (χ1n) is 6.14. The van der Waals surface area contributed by atoms with Crippen molar-refractivity contribution in [3.05, 3.63) is 34.8 Å². The Kier molecular flexibility index (Phi) is 2.98. The van der Waals surface area contributed by atoms with Crippen molar-refractivity contribution < 1.29 is 14.1 Å². The van der Waals surface area contributed by atoms with E-state index in [9.17, 15) is 9.59 Å². The average molecular weight is 272 g/mol. The van der Waals surface area contributed by atoms with E-state index in [2.05, 4.69) is 5.16 Å². The summed E-state index contributed by atoms with van der Waals surface area (Å²) in [6.45, 7) is 0.300. The highest BCUT2D eigenvalue weighted by Gasteiger charge is 2.14. The van der Waals surface area contributed by atoms with Crippen molar-refractivity contribution in [2.75, 3.05) is 7.11 Å². The Balaban J connectivity index is 2.42. The summed E-state index contributed by atoms with van der Waals surface area (Å²) in [6.07, 6.45) is 2.50. The zero-order valence-electron chi connectivity index (χ0n) is 10.8. The van der Waals surface area contributed by atoms with Crippen molar-refractivity contribution in [1.29, 1.82) is 0 Å². The first kappa shape index (κ1) is 12.4. The number of carbonyl (C=O) groups excluding carboxylic acids is 1. The van der Waals surface area contributed by atoms with E-state index >= 15 is 0 Å². The second-order valence-electron chi connectivity index (χ2n) is 4.37. The lowest BCUT2D eigenvalue weighted by molar-refractivity contribution is -0.108. The summed E-state index contributed by atoms with van der Waals surface area (Å²) in [5, 5.41) is 5.25. The maximum Gasteiger partial charge on any atom is 0.281 e. The minimum Gasteiger partial charge on any atom is -0.497 e. The molecule has 0 bridgehead atoms. The van der Waals surface area contributed by atoms with Gasteiger partial charge in [0, 0.05) is 24.4 Å². The molecule has 0 aliphatic rings. The van der Waals surface area contributed by atoms with Gasteiger partial charge in [0.1, 0.15) is 18.3 Å². The molecule has 0 radical (unpaired) electrons. The number of methoxy groups -OCH3 is 1. The number of aromatic nitrogens is 2. The predicted octanol–water partition coefficient (Wildman–Crippen LogP) is 1.74. The fraction of sp³-hybridized carbons (Fsp3) is 0.214. The third-order valence-electron chi connectivity index (χ3n) is 3.27. The molecule has 102 valence electrons. The third kappa shape index (κ3) is 1.77. The van der Waals surface area contributed by atoms with E-state index in [-0.39, 0.29) is 17.5 Å². The zero-order valence-corrected chi connectivity index (χ0v) is 10.8. The van der Waals surface area contributed by atoms with Gasteiger partial charge < -0.3 is 18.6 Å². The number of aryl methyl sites for hydroxylation is 1. The van der Waals surface area contributed by atoms with E-state index < -0.39 is 0 Å². The van der Waals surface area contributed by atoms with Crippen LogP contribution in [0.25, 0.3) is 21.8 Å². The number of aldehydes is 1. The van der Waals surface area contributed by atoms with Gasteiger partial charge in [0.2, 0.25) is 0 Å². The van der Waals surface area contributed by atoms with Crippen LogP contribution in [0.15, 0.2) is 33.8 Å². The van der Waals surface area contributed by atoms with Crippen LogP contribution in [0.1, 0.15) is 6.42 Å². The summed E-state index contributed by atoms with van der Waals surface area (Å²) < 4.78 is 11.6. The van der Waals surface area contributed by atoms with E-state index in [0.717, 1.165) is 11.7 Å². The Morgan fingerprint density at radius 2 is 2.25 bits per heavy atom. The van der Waals surface area contributed by atoms with E-state index in [1.165, 1.54) is 10.8 Å². The molecule has 2 heterocycles. The minimum absolute atomic E-state index is 0.259. The molecular formula is C14H12N2O4. The van der Waals surface area contributed by atoms with E-state index in [4.69, 9.17) is 9.26 Å². The van der Waals surface area contributed by atoms with Crippen LogP contribution in [0.2, 0.25) is 0 Å². The molecule has 0 saturated heterocycles. The largest absolute Gasteiger partial charge is 0.497 e. The Morgan fingerprint density at radius 3 is 3.00 bits per heavy atom. The van der Waals surface area contributed by atoms with E-state index in [1.54, 1.807) is 13.2 Å². The number of hydrogen-bond donors (Lipinski definition) is 0. The van der Waals surface area contributed by atoms with Gasteiger partial charge in [-0.3, -0.25) is 4.79 Å². The molecule has 0 aliphatic heterocycles. The van der Waals surface area contributed by atoms with Crippen LogP contribution >= 0.6 is 0 Å². The van der Waals surface area contributed by atoms with Crippen LogP contribution in [0.3, 0.4) is 0 Å². The van der Waals surface area contributed by atoms with Crippen molar-refractivity contribution in [2.24, 2.45) is 0 Å². The van der Waals surface area contributed by atoms with Crippen LogP contribution < -0.4 is 10.3 Å². The highest BCUT2D eigenvalue weighted by molar-refractivity contribution is 6.04. The number of carbonyl (C=O) groups is 1. The van der Waals surface area contributed by atoms with Gasteiger partial charge in [-0.25, -0.2) is 0 Å². The lowest BCUT2D eigenvalue weighted by Crippen LogP contribution is -2.21. The number of rotatable bonds is 4. The quantitative estimate of drug-likeness (QED) is 0.676. The molecule has 0 saturated carbocycles. The molecule has 0 unspecified atom stereocenters. The minimum atomic E-state index is -0.267. The molecule has 3 aromatic rings. The highest BCUT2D eigenvalue weighted by atomic mass is 16.5. The molecule has 3 rings (SSSR count). The normalized spacial score (nSPS) is 11.1. The van der Waals surface area contributed by atoms with E-state index in [0.29, 0.717) is 23.2 Å². The highest BCUT2D eigenvalue weighted by Crippen LogP contribution is 2.26. The molecule has 0 amide bonds. The Labute approximate surface area is 113 Å². The van der Waals surface area contributed by atoms with Crippen molar-refractivity contribution in [3.8, 4) is 5.75 Å². The first-order chi connectivity index (χ1) is 9.76. The summed E-state index contributed by atoms with van der Waals surface area (Å²) >= 11 is 0. The van der Waals surface area contributed by atoms with Crippen LogP contribution in [0.4, 0.5) is 0 Å². The smallest absolute Gasteiger partial charge is 0.281 e. The summed E-state index contributed by atoms with van der Waals surface area (Å²) in [4.78, 5) is 23.0. The standard InChI is InChI=1S/C14H12N2O4/c1-19-9-3-4-10-11-8-20-15-13(11)14(18)16(5-2-6-17)12(10)7-9/h3-4,6-8H,2,5H2,1H3. The maximum absolute atomic E-state index is 12.4. The fourth-order valence-electron chi connectivity index (χ4n) is 2.31. The summed E-state index contributed by atoms with van der Waals surface area (Å²) in [6, 6.07) is 5.43. The lowest BCUT2D eigenvalue weighted by atomic mass is 10.1. The molecule has 0 N–H and O–H groups in total. The van der Waals surface area contributed by atoms with Crippen LogP contribution in [-0.2, 0) is 11.3 Å². The lowest BCUT2D eigenvalue weighted by Gasteiger charge is -2.10. The third-order valence-corrected chi connectivity index (χ3v) is 3.27. The second kappa shape index (κ2) is 4.80. The van der Waals surface area contributed by atoms with Crippen LogP contribution in [0.5, 0.6) is 5.75 Å². The van der Waals surface area contributed by atoms with Gasteiger partial charge in [0.15, 0.2) is 5.52 Å². The summed E-state index contributed by atoms with van der Waals surface area (Å²) in [5.41, 5.74) is 0.705. The van der Waals surface area contributed by atoms with Gasteiger partial charge in [-0.2, -0.15) is 0 Å². The second-order valence-corrected chi connectivity index (χ2v) is 4.37. The molecule has 6 heteroatoms. The van der Waals surface area contributed by atoms with Gasteiger partial charge in [-0.15, -0.1) is 0 Å². The molecule has 2 aromatic heterocycles. The predicted molar refractivity (Wildman–Crippen MR) is 73.0 cm³/mol. The zero-order chi connectivity index (χ0) is 14.1. The number of nitrogens with zero attached hydrogens (tertiary/aromatic N) is 2. The molecule has 6 nitrogen and oxygen atoms in total. The molecule has 0 atom stereocenters. The van der Waals surface area contributed by atoms with Crippen molar-refractivity contribution in [2.45, 2.75) is 13.0 Å². The average Bonchev–Trinajstić information content (AvgIpc) is 2.96. The number of hydrogen-bond acceptors (Lipinski definition) is 5. The topological polar surface area (TPSA) is 74.3 Å². The van der Waals surface area contributed by atoms with Crippen molar-refractivity contribution >= 4 is 28.1 Å². The Morgan fingerprint density at radius 1 is 1.40 bits per heavy atom. The number of benzene rings is 1. The SMILES string of the molecule is COc1ccc2c3conc3c(=O)n(CCC=O)c2c1. The number of ether oxygens (including phenoxy) is 1. The first-order valence-corrected chi connectivity index (χ1v) is 6.14. The van der Waals surface area contributed by atoms with Gasteiger partial charge in [-0.1, -0.05) is 5.16 Å². The monoisotopic (exact) mass is 272 g/mol. The molecule has 0 aliphatic carbocycles. The number of fused-ring (bicyclic) bond motifs is 3. The Bertz CT molecular complexity index is 847. The molecule has 0 fully saturated rings. The van der Waals surface area contributed by atoms with Gasteiger partial charge in [-0.05, 0) is 12.1 Å². The van der Waals surface area contributed by atoms with E-state index in [1.807, 2.05) is 12.1 Å². The van der Waals surface area contributed by atoms with Crippen molar-refractivity contribution in [1.82, 2.24) is 9.72 Å². The van der Waals surface area contributed by atoms with Gasteiger partial charge in [0.05, 0.1) is 18.0 Å². The number of pyridine rings is 1. The molecule has 0 spiro atoms. The molecule has 20 heavy (non-hydrogen) atoms. The molecular weight excluding hydrogens is 260 g/mol. The summed E-state index contributed by atoms with van der Waals surface area (Å²) in [5.74, 6) is 0.646. The fourth-order valence-corrected chi connectivity index (χ4v) is 2.31. The van der Waals surface area contributed by atoms with Crippen LogP contribution in [-0.4, -0.2) is 23.1 Å². The maximum atomic E-state index is 12.4. The van der Waals surface area contributed by atoms with Gasteiger partial charge in [0.25, 0.3) is 5.56 Å². The summed E-state index contributed by atoms with van der Waals surface area (Å²) in [7, 11) is 1.56.